The van der Waals surface area contributed by atoms with Crippen LogP contribution in [-0.4, -0.2) is 23.2 Å². The molecule has 1 atom stereocenters. The fraction of sp³-hybridized carbons (Fsp3) is 0.308. The summed E-state index contributed by atoms with van der Waals surface area (Å²) in [5.41, 5.74) is 0.272. The maximum atomic E-state index is 12.0. The van der Waals surface area contributed by atoms with E-state index in [-0.39, 0.29) is 17.6 Å². The molecule has 2 N–H and O–H groups in total. The maximum absolute atomic E-state index is 12.0. The minimum absolute atomic E-state index is 0.216. The van der Waals surface area contributed by atoms with Gasteiger partial charge in [-0.15, -0.1) is 10.2 Å². The van der Waals surface area contributed by atoms with Gasteiger partial charge in [0.05, 0.1) is 6.04 Å². The quantitative estimate of drug-likeness (QED) is 0.877. The second-order valence-electron chi connectivity index (χ2n) is 4.20. The van der Waals surface area contributed by atoms with Crippen LogP contribution in [0.3, 0.4) is 0 Å². The molecule has 0 aliphatic heterocycles. The van der Waals surface area contributed by atoms with Gasteiger partial charge < -0.3 is 15.1 Å². The summed E-state index contributed by atoms with van der Waals surface area (Å²) in [5.74, 6) is 1.86. The van der Waals surface area contributed by atoms with Gasteiger partial charge in [-0.1, -0.05) is 0 Å². The average Bonchev–Trinajstić information content (AvgIpc) is 2.85. The Morgan fingerprint density at radius 1 is 1.26 bits per heavy atom. The number of aryl methyl sites for hydroxylation is 1. The molecule has 19 heavy (non-hydrogen) atoms. The van der Waals surface area contributed by atoms with Crippen LogP contribution in [0.4, 0.5) is 5.82 Å². The third-order valence-electron chi connectivity index (χ3n) is 2.69. The maximum Gasteiger partial charge on any atom is 0.272 e. The van der Waals surface area contributed by atoms with Gasteiger partial charge in [-0.25, -0.2) is 0 Å². The van der Waals surface area contributed by atoms with Gasteiger partial charge in [0.2, 0.25) is 0 Å². The lowest BCUT2D eigenvalue weighted by molar-refractivity contribution is 0.0929. The van der Waals surface area contributed by atoms with E-state index in [9.17, 15) is 4.79 Å². The molecule has 2 rings (SSSR count). The number of anilines is 1. The predicted octanol–water partition coefficient (Wildman–Crippen LogP) is 1.91. The standard InChI is InChI=1S/C13H16N4O2/c1-8-4-6-11(19-8)9(2)15-13(18)10-5-7-12(14-3)17-16-10/h4-7,9H,1-3H3,(H,14,17)(H,15,18). The summed E-state index contributed by atoms with van der Waals surface area (Å²) in [5, 5.41) is 13.4. The molecule has 0 radical (unpaired) electrons. The number of rotatable bonds is 4. The minimum atomic E-state index is -0.281. The summed E-state index contributed by atoms with van der Waals surface area (Å²) in [7, 11) is 1.74. The van der Waals surface area contributed by atoms with Crippen LogP contribution in [0.5, 0.6) is 0 Å². The predicted molar refractivity (Wildman–Crippen MR) is 70.9 cm³/mol. The van der Waals surface area contributed by atoms with Gasteiger partial charge in [0.25, 0.3) is 5.91 Å². The van der Waals surface area contributed by atoms with E-state index in [4.69, 9.17) is 4.42 Å². The van der Waals surface area contributed by atoms with Crippen molar-refractivity contribution < 1.29 is 9.21 Å². The van der Waals surface area contributed by atoms with Crippen LogP contribution in [0.1, 0.15) is 35.0 Å². The van der Waals surface area contributed by atoms with E-state index < -0.39 is 0 Å². The molecule has 2 aromatic heterocycles. The van der Waals surface area contributed by atoms with Crippen molar-refractivity contribution in [3.05, 3.63) is 41.5 Å². The van der Waals surface area contributed by atoms with E-state index in [0.717, 1.165) is 5.76 Å². The van der Waals surface area contributed by atoms with Crippen molar-refractivity contribution in [3.63, 3.8) is 0 Å². The van der Waals surface area contributed by atoms with Crippen LogP contribution in [0.25, 0.3) is 0 Å². The summed E-state index contributed by atoms with van der Waals surface area (Å²) < 4.78 is 5.46. The first-order chi connectivity index (χ1) is 9.10. The van der Waals surface area contributed by atoms with Crippen molar-refractivity contribution >= 4 is 11.7 Å². The van der Waals surface area contributed by atoms with Crippen LogP contribution >= 0.6 is 0 Å². The van der Waals surface area contributed by atoms with Crippen LogP contribution in [0.2, 0.25) is 0 Å². The Hall–Kier alpha value is -2.37. The Morgan fingerprint density at radius 2 is 2.05 bits per heavy atom. The summed E-state index contributed by atoms with van der Waals surface area (Å²) in [6.07, 6.45) is 0. The highest BCUT2D eigenvalue weighted by Crippen LogP contribution is 2.15. The van der Waals surface area contributed by atoms with Crippen molar-refractivity contribution in [2.24, 2.45) is 0 Å². The Balaban J connectivity index is 2.03. The molecule has 0 aliphatic rings. The smallest absolute Gasteiger partial charge is 0.272 e. The highest BCUT2D eigenvalue weighted by Gasteiger charge is 2.15. The van der Waals surface area contributed by atoms with Gasteiger partial charge >= 0.3 is 0 Å². The molecule has 2 aromatic rings. The lowest BCUT2D eigenvalue weighted by Crippen LogP contribution is -2.27. The van der Waals surface area contributed by atoms with E-state index in [1.807, 2.05) is 26.0 Å². The zero-order valence-corrected chi connectivity index (χ0v) is 11.1. The molecular weight excluding hydrogens is 244 g/mol. The Labute approximate surface area is 111 Å². The average molecular weight is 260 g/mol. The van der Waals surface area contributed by atoms with Crippen LogP contribution in [-0.2, 0) is 0 Å². The van der Waals surface area contributed by atoms with E-state index in [1.54, 1.807) is 19.2 Å². The van der Waals surface area contributed by atoms with E-state index in [0.29, 0.717) is 11.6 Å². The van der Waals surface area contributed by atoms with Crippen LogP contribution in [0.15, 0.2) is 28.7 Å². The van der Waals surface area contributed by atoms with Gasteiger partial charge in [0, 0.05) is 7.05 Å². The van der Waals surface area contributed by atoms with E-state index >= 15 is 0 Å². The fourth-order valence-electron chi connectivity index (χ4n) is 1.61. The zero-order valence-electron chi connectivity index (χ0n) is 11.1. The molecule has 1 unspecified atom stereocenters. The van der Waals surface area contributed by atoms with Crippen molar-refractivity contribution in [3.8, 4) is 0 Å². The van der Waals surface area contributed by atoms with Gasteiger partial charge in [-0.2, -0.15) is 0 Å². The van der Waals surface area contributed by atoms with Gasteiger partial charge in [0.15, 0.2) is 5.69 Å². The van der Waals surface area contributed by atoms with Gasteiger partial charge in [-0.3, -0.25) is 4.79 Å². The van der Waals surface area contributed by atoms with E-state index in [1.165, 1.54) is 0 Å². The van der Waals surface area contributed by atoms with Crippen molar-refractivity contribution in [1.82, 2.24) is 15.5 Å². The zero-order chi connectivity index (χ0) is 13.8. The monoisotopic (exact) mass is 260 g/mol. The summed E-state index contributed by atoms with van der Waals surface area (Å²) >= 11 is 0. The summed E-state index contributed by atoms with van der Waals surface area (Å²) in [4.78, 5) is 12.0. The summed E-state index contributed by atoms with van der Waals surface area (Å²) in [6.45, 7) is 3.71. The Morgan fingerprint density at radius 3 is 2.58 bits per heavy atom. The van der Waals surface area contributed by atoms with Gasteiger partial charge in [-0.05, 0) is 38.1 Å². The molecule has 6 heteroatoms. The highest BCUT2D eigenvalue weighted by atomic mass is 16.3. The minimum Gasteiger partial charge on any atom is -0.464 e. The molecule has 0 saturated heterocycles. The number of nitrogens with one attached hydrogen (secondary N) is 2. The second kappa shape index (κ2) is 5.51. The molecule has 1 amide bonds. The van der Waals surface area contributed by atoms with Crippen molar-refractivity contribution in [2.45, 2.75) is 19.9 Å². The third kappa shape index (κ3) is 3.09. The lowest BCUT2D eigenvalue weighted by Gasteiger charge is -2.10. The van der Waals surface area contributed by atoms with Crippen molar-refractivity contribution in [1.29, 1.82) is 0 Å². The molecule has 0 spiro atoms. The molecule has 6 nitrogen and oxygen atoms in total. The largest absolute Gasteiger partial charge is 0.464 e. The molecule has 0 aromatic carbocycles. The molecular formula is C13H16N4O2. The Kier molecular flexibility index (Phi) is 3.79. The first kappa shape index (κ1) is 13.1. The second-order valence-corrected chi connectivity index (χ2v) is 4.20. The number of amides is 1. The number of carbonyl (C=O) groups excluding carboxylic acids is 1. The normalized spacial score (nSPS) is 11.9. The Bertz CT molecular complexity index is 562. The first-order valence-electron chi connectivity index (χ1n) is 5.99. The lowest BCUT2D eigenvalue weighted by atomic mass is 10.2. The first-order valence-corrected chi connectivity index (χ1v) is 5.99. The fourth-order valence-corrected chi connectivity index (χ4v) is 1.61. The molecule has 0 saturated carbocycles. The number of carbonyl (C=O) groups is 1. The SMILES string of the molecule is CNc1ccc(C(=O)NC(C)c2ccc(C)o2)nn1. The number of nitrogens with zero attached hydrogens (tertiary/aromatic N) is 2. The van der Waals surface area contributed by atoms with Gasteiger partial charge in [0.1, 0.15) is 17.3 Å². The van der Waals surface area contributed by atoms with E-state index in [2.05, 4.69) is 20.8 Å². The third-order valence-corrected chi connectivity index (χ3v) is 2.69. The number of aromatic nitrogens is 2. The molecule has 100 valence electrons. The molecule has 0 aliphatic carbocycles. The molecule has 2 heterocycles. The van der Waals surface area contributed by atoms with Crippen molar-refractivity contribution in [2.75, 3.05) is 12.4 Å². The molecule has 0 bridgehead atoms. The van der Waals surface area contributed by atoms with Crippen LogP contribution in [0, 0.1) is 6.92 Å². The number of furan rings is 1. The number of hydrogen-bond acceptors (Lipinski definition) is 5. The van der Waals surface area contributed by atoms with Crippen LogP contribution < -0.4 is 10.6 Å². The molecule has 0 fully saturated rings. The summed E-state index contributed by atoms with van der Waals surface area (Å²) in [6, 6.07) is 6.81. The number of hydrogen-bond donors (Lipinski definition) is 2. The highest BCUT2D eigenvalue weighted by molar-refractivity contribution is 5.92. The topological polar surface area (TPSA) is 80.0 Å².